The highest BCUT2D eigenvalue weighted by Crippen LogP contribution is 2.37. The summed E-state index contributed by atoms with van der Waals surface area (Å²) in [6.07, 6.45) is -4.24. The van der Waals surface area contributed by atoms with Crippen molar-refractivity contribution in [1.29, 1.82) is 0 Å². The standard InChI is InChI=1S/C10H17F3N2O2/c11-10(12,13)6-2-1-3-7(4-6)15-5-8(16)9(14)17/h6-8,15-16H,1-5H2,(H2,14,17). The first-order valence-corrected chi connectivity index (χ1v) is 5.58. The van der Waals surface area contributed by atoms with Crippen LogP contribution >= 0.6 is 0 Å². The molecule has 4 N–H and O–H groups in total. The number of hydrogen-bond acceptors (Lipinski definition) is 3. The Hall–Kier alpha value is -0.820. The van der Waals surface area contributed by atoms with Gasteiger partial charge in [0.2, 0.25) is 5.91 Å². The fourth-order valence-electron chi connectivity index (χ4n) is 2.05. The molecule has 0 spiro atoms. The van der Waals surface area contributed by atoms with Gasteiger partial charge in [-0.05, 0) is 19.3 Å². The van der Waals surface area contributed by atoms with E-state index in [4.69, 9.17) is 10.8 Å². The van der Waals surface area contributed by atoms with E-state index in [1.165, 1.54) is 0 Å². The number of carbonyl (C=O) groups excluding carboxylic acids is 1. The minimum absolute atomic E-state index is 0.00498. The molecule has 1 saturated carbocycles. The number of alkyl halides is 3. The van der Waals surface area contributed by atoms with Crippen molar-refractivity contribution in [1.82, 2.24) is 5.32 Å². The van der Waals surface area contributed by atoms with Crippen LogP contribution in [0.4, 0.5) is 13.2 Å². The molecule has 1 aliphatic rings. The first-order chi connectivity index (χ1) is 7.80. The molecule has 1 fully saturated rings. The van der Waals surface area contributed by atoms with Gasteiger partial charge in [-0.1, -0.05) is 6.42 Å². The van der Waals surface area contributed by atoms with Crippen molar-refractivity contribution in [3.63, 3.8) is 0 Å². The van der Waals surface area contributed by atoms with Gasteiger partial charge in [-0.3, -0.25) is 4.79 Å². The van der Waals surface area contributed by atoms with Crippen LogP contribution < -0.4 is 11.1 Å². The summed E-state index contributed by atoms with van der Waals surface area (Å²) in [5.74, 6) is -2.17. The van der Waals surface area contributed by atoms with Gasteiger partial charge in [0, 0.05) is 12.6 Å². The monoisotopic (exact) mass is 254 g/mol. The number of nitrogens with two attached hydrogens (primary N) is 1. The van der Waals surface area contributed by atoms with Gasteiger partial charge in [0.1, 0.15) is 6.10 Å². The molecule has 17 heavy (non-hydrogen) atoms. The minimum Gasteiger partial charge on any atom is -0.382 e. The van der Waals surface area contributed by atoms with Crippen molar-refractivity contribution in [3.8, 4) is 0 Å². The molecule has 0 radical (unpaired) electrons. The summed E-state index contributed by atoms with van der Waals surface area (Å²) in [4.78, 5) is 10.5. The second-order valence-electron chi connectivity index (χ2n) is 4.43. The van der Waals surface area contributed by atoms with Crippen molar-refractivity contribution >= 4 is 5.91 Å². The molecule has 1 amide bonds. The minimum atomic E-state index is -4.16. The van der Waals surface area contributed by atoms with Gasteiger partial charge in [0.15, 0.2) is 0 Å². The fourth-order valence-corrected chi connectivity index (χ4v) is 2.05. The Balaban J connectivity index is 2.37. The molecule has 0 aromatic rings. The number of amides is 1. The molecule has 100 valence electrons. The maximum Gasteiger partial charge on any atom is 0.391 e. The highest BCUT2D eigenvalue weighted by atomic mass is 19.4. The predicted molar refractivity (Wildman–Crippen MR) is 55.0 cm³/mol. The lowest BCUT2D eigenvalue weighted by atomic mass is 9.85. The number of nitrogens with one attached hydrogen (secondary N) is 1. The van der Waals surface area contributed by atoms with Crippen LogP contribution in [0.2, 0.25) is 0 Å². The molecule has 0 aliphatic heterocycles. The van der Waals surface area contributed by atoms with Crippen LogP contribution in [0.25, 0.3) is 0 Å². The first-order valence-electron chi connectivity index (χ1n) is 5.58. The number of halogens is 3. The molecule has 0 saturated heterocycles. The lowest BCUT2D eigenvalue weighted by Crippen LogP contribution is -2.44. The number of rotatable bonds is 4. The first kappa shape index (κ1) is 14.2. The molecule has 0 bridgehead atoms. The number of aliphatic hydroxyl groups is 1. The summed E-state index contributed by atoms with van der Waals surface area (Å²) in [6.45, 7) is -0.0927. The highest BCUT2D eigenvalue weighted by molar-refractivity contribution is 5.78. The fraction of sp³-hybridized carbons (Fsp3) is 0.900. The van der Waals surface area contributed by atoms with Crippen LogP contribution in [0.3, 0.4) is 0 Å². The Kier molecular flexibility index (Phi) is 4.76. The number of hydrogen-bond donors (Lipinski definition) is 3. The van der Waals surface area contributed by atoms with Gasteiger partial charge in [0.05, 0.1) is 5.92 Å². The Morgan fingerprint density at radius 3 is 2.65 bits per heavy atom. The molecule has 0 heterocycles. The SMILES string of the molecule is NC(=O)C(O)CNC1CCCC(C(F)(F)F)C1. The van der Waals surface area contributed by atoms with Gasteiger partial charge >= 0.3 is 6.18 Å². The molecule has 1 aliphatic carbocycles. The van der Waals surface area contributed by atoms with Gasteiger partial charge < -0.3 is 16.2 Å². The number of primary amides is 1. The van der Waals surface area contributed by atoms with Crippen molar-refractivity contribution in [2.45, 2.75) is 44.0 Å². The second kappa shape index (κ2) is 5.68. The van der Waals surface area contributed by atoms with Crippen LogP contribution in [-0.2, 0) is 4.79 Å². The average molecular weight is 254 g/mol. The Morgan fingerprint density at radius 2 is 2.12 bits per heavy atom. The van der Waals surface area contributed by atoms with E-state index in [1.54, 1.807) is 0 Å². The summed E-state index contributed by atoms with van der Waals surface area (Å²) < 4.78 is 37.5. The predicted octanol–water partition coefficient (Wildman–Crippen LogP) is 0.543. The van der Waals surface area contributed by atoms with Gasteiger partial charge in [0.25, 0.3) is 0 Å². The van der Waals surface area contributed by atoms with Crippen LogP contribution in [0.5, 0.6) is 0 Å². The van der Waals surface area contributed by atoms with Crippen molar-refractivity contribution < 1.29 is 23.1 Å². The molecule has 0 aromatic carbocycles. The molecular weight excluding hydrogens is 237 g/mol. The summed E-state index contributed by atoms with van der Waals surface area (Å²) in [7, 11) is 0. The normalized spacial score (nSPS) is 27.8. The van der Waals surface area contributed by atoms with E-state index in [0.29, 0.717) is 12.8 Å². The Morgan fingerprint density at radius 1 is 1.47 bits per heavy atom. The maximum absolute atomic E-state index is 12.5. The molecule has 7 heteroatoms. The van der Waals surface area contributed by atoms with E-state index in [1.807, 2.05) is 0 Å². The van der Waals surface area contributed by atoms with Crippen molar-refractivity contribution in [2.24, 2.45) is 11.7 Å². The van der Waals surface area contributed by atoms with Crippen molar-refractivity contribution in [3.05, 3.63) is 0 Å². The summed E-state index contributed by atoms with van der Waals surface area (Å²) in [5, 5.41) is 11.9. The number of carbonyl (C=O) groups is 1. The third kappa shape index (κ3) is 4.51. The lowest BCUT2D eigenvalue weighted by Gasteiger charge is -2.31. The quantitative estimate of drug-likeness (QED) is 0.685. The second-order valence-corrected chi connectivity index (χ2v) is 4.43. The zero-order valence-corrected chi connectivity index (χ0v) is 9.33. The van der Waals surface area contributed by atoms with Crippen LogP contribution in [0, 0.1) is 5.92 Å². The molecule has 4 nitrogen and oxygen atoms in total. The van der Waals surface area contributed by atoms with E-state index in [9.17, 15) is 18.0 Å². The van der Waals surface area contributed by atoms with E-state index >= 15 is 0 Å². The molecular formula is C10H17F3N2O2. The van der Waals surface area contributed by atoms with Crippen LogP contribution in [0.1, 0.15) is 25.7 Å². The third-order valence-electron chi connectivity index (χ3n) is 3.07. The zero-order valence-electron chi connectivity index (χ0n) is 9.33. The smallest absolute Gasteiger partial charge is 0.382 e. The third-order valence-corrected chi connectivity index (χ3v) is 3.07. The highest BCUT2D eigenvalue weighted by Gasteiger charge is 2.42. The van der Waals surface area contributed by atoms with E-state index in [-0.39, 0.29) is 25.4 Å². The van der Waals surface area contributed by atoms with Gasteiger partial charge in [-0.15, -0.1) is 0 Å². The molecule has 1 rings (SSSR count). The Labute approximate surface area is 97.4 Å². The van der Waals surface area contributed by atoms with Crippen LogP contribution in [-0.4, -0.2) is 35.9 Å². The summed E-state index contributed by atoms with van der Waals surface area (Å²) in [5.41, 5.74) is 4.84. The topological polar surface area (TPSA) is 75.4 Å². The Bertz CT molecular complexity index is 271. The van der Waals surface area contributed by atoms with E-state index < -0.39 is 24.1 Å². The van der Waals surface area contributed by atoms with E-state index in [0.717, 1.165) is 0 Å². The molecule has 3 unspecified atom stereocenters. The number of aliphatic hydroxyl groups excluding tert-OH is 1. The van der Waals surface area contributed by atoms with Gasteiger partial charge in [-0.25, -0.2) is 0 Å². The lowest BCUT2D eigenvalue weighted by molar-refractivity contribution is -0.183. The van der Waals surface area contributed by atoms with Gasteiger partial charge in [-0.2, -0.15) is 13.2 Å². The van der Waals surface area contributed by atoms with Crippen molar-refractivity contribution in [2.75, 3.05) is 6.54 Å². The summed E-state index contributed by atoms with van der Waals surface area (Å²) >= 11 is 0. The maximum atomic E-state index is 12.5. The largest absolute Gasteiger partial charge is 0.391 e. The van der Waals surface area contributed by atoms with Crippen LogP contribution in [0.15, 0.2) is 0 Å². The molecule has 3 atom stereocenters. The molecule has 0 aromatic heterocycles. The average Bonchev–Trinajstić information content (AvgIpc) is 2.25. The van der Waals surface area contributed by atoms with E-state index in [2.05, 4.69) is 5.32 Å². The zero-order chi connectivity index (χ0) is 13.1. The summed E-state index contributed by atoms with van der Waals surface area (Å²) in [6, 6.07) is -0.315.